The van der Waals surface area contributed by atoms with Crippen LogP contribution in [0.5, 0.6) is 11.8 Å². The Balaban J connectivity index is 0.000000211. The Kier molecular flexibility index (Phi) is 16.9. The molecule has 3 N–H and O–H groups in total. The van der Waals surface area contributed by atoms with Gasteiger partial charge in [-0.2, -0.15) is 10.5 Å². The molecule has 0 saturated carbocycles. The Morgan fingerprint density at radius 3 is 1.58 bits per heavy atom. The molecule has 9 rings (SSSR count). The minimum Gasteiger partial charge on any atom is -0.858 e. The number of pyridine rings is 2. The molecule has 0 aliphatic carbocycles. The first kappa shape index (κ1) is 47.9. The molecule has 8 aromatic rings. The summed E-state index contributed by atoms with van der Waals surface area (Å²) < 4.78 is 22.3. The van der Waals surface area contributed by atoms with Crippen molar-refractivity contribution < 1.29 is 92.4 Å². The summed E-state index contributed by atoms with van der Waals surface area (Å²) in [6.45, 7) is 0.293. The van der Waals surface area contributed by atoms with Gasteiger partial charge in [0.15, 0.2) is 0 Å². The monoisotopic (exact) mass is 917 g/mol. The van der Waals surface area contributed by atoms with E-state index in [1.807, 2.05) is 47.2 Å². The minimum absolute atomic E-state index is 0. The number of aliphatic imine (C=N–C) groups is 1. The smallest absolute Gasteiger partial charge is 0.858 e. The van der Waals surface area contributed by atoms with Crippen molar-refractivity contribution in [2.75, 3.05) is 0 Å². The largest absolute Gasteiger partial charge is 1.00 e. The van der Waals surface area contributed by atoms with Crippen LogP contribution in [0.4, 0.5) is 0 Å². The average Bonchev–Trinajstić information content (AvgIpc) is 4.18. The van der Waals surface area contributed by atoms with E-state index in [-0.39, 0.29) is 95.6 Å². The molecule has 310 valence electrons. The quantitative estimate of drug-likeness (QED) is 0.0855. The molecule has 1 aliphatic heterocycles. The third-order valence-electron chi connectivity index (χ3n) is 9.15. The molecule has 0 saturated heterocycles. The zero-order valence-corrected chi connectivity index (χ0v) is 40.1. The van der Waals surface area contributed by atoms with Gasteiger partial charge in [-0.15, -0.1) is 33.3 Å². The summed E-state index contributed by atoms with van der Waals surface area (Å²) in [5.74, 6) is -1.10. The third-order valence-corrected chi connectivity index (χ3v) is 10.9. The fraction of sp³-hybridized carbons (Fsp3) is 0.0444. The van der Waals surface area contributed by atoms with Gasteiger partial charge >= 0.3 is 59.1 Å². The van der Waals surface area contributed by atoms with Crippen LogP contribution in [0.1, 0.15) is 38.2 Å². The number of hydrogen-bond donors (Lipinski definition) is 3. The summed E-state index contributed by atoms with van der Waals surface area (Å²) in [4.78, 5) is 25.8. The van der Waals surface area contributed by atoms with E-state index >= 15 is 0 Å². The number of nitriles is 2. The molecule has 65 heavy (non-hydrogen) atoms. The van der Waals surface area contributed by atoms with Crippen molar-refractivity contribution in [2.45, 2.75) is 13.2 Å². The molecule has 2 aromatic carbocycles. The van der Waals surface area contributed by atoms with E-state index in [1.54, 1.807) is 84.9 Å². The number of aromatic nitrogens is 2. The second kappa shape index (κ2) is 22.9. The van der Waals surface area contributed by atoms with Crippen molar-refractivity contribution in [2.24, 2.45) is 10.1 Å². The van der Waals surface area contributed by atoms with Crippen LogP contribution in [0.25, 0.3) is 43.4 Å². The summed E-state index contributed by atoms with van der Waals surface area (Å²) in [7, 11) is 0. The molecule has 16 nitrogen and oxygen atoms in total. The Morgan fingerprint density at radius 1 is 0.708 bits per heavy atom. The van der Waals surface area contributed by atoms with Gasteiger partial charge in [-0.25, -0.2) is 20.5 Å². The van der Waals surface area contributed by atoms with Gasteiger partial charge in [-0.1, -0.05) is 60.7 Å². The molecule has 0 bridgehead atoms. The molecule has 0 amide bonds. The van der Waals surface area contributed by atoms with E-state index in [2.05, 4.69) is 48.7 Å². The first-order chi connectivity index (χ1) is 30.9. The van der Waals surface area contributed by atoms with Crippen molar-refractivity contribution in [3.63, 3.8) is 0 Å². The number of hydrogen-bond acceptors (Lipinski definition) is 18. The van der Waals surface area contributed by atoms with Crippen LogP contribution >= 0.6 is 22.7 Å². The first-order valence-corrected chi connectivity index (χ1v) is 20.4. The number of aromatic carboxylic acids is 1. The van der Waals surface area contributed by atoms with Gasteiger partial charge in [-0.05, 0) is 75.3 Å². The van der Waals surface area contributed by atoms with Crippen LogP contribution in [-0.4, -0.2) is 27.8 Å². The number of thiophene rings is 2. The molecule has 0 fully saturated rings. The van der Waals surface area contributed by atoms with E-state index in [0.29, 0.717) is 39.2 Å². The SMILES string of the molecule is N#Cc1c(-c2ccoc2)cc(-c2cccs2)nc1OCc1ccc(C(=O)[O-])cc1.N#Cc1c(-c2ccoc2)cc(-c2cccs2)nc1OCc1ccc(C([O-])=NC2=NNNN2)cc1.[Na+].[Na+]. The number of carbonyl (C=O) groups is 1. The van der Waals surface area contributed by atoms with Crippen molar-refractivity contribution >= 4 is 40.5 Å². The van der Waals surface area contributed by atoms with Crippen molar-refractivity contribution in [1.82, 2.24) is 26.5 Å². The van der Waals surface area contributed by atoms with Crippen molar-refractivity contribution in [3.05, 3.63) is 166 Å². The number of carboxylic acid groups (broad SMARTS) is 1. The Morgan fingerprint density at radius 2 is 1.20 bits per heavy atom. The number of hydrazine groups is 2. The number of nitrogens with one attached hydrogen (secondary N) is 3. The number of furan rings is 2. The van der Waals surface area contributed by atoms with E-state index < -0.39 is 11.9 Å². The zero-order chi connectivity index (χ0) is 43.5. The maximum absolute atomic E-state index is 12.2. The third kappa shape index (κ3) is 11.8. The molecule has 0 unspecified atom stereocenters. The Bertz CT molecular complexity index is 2990. The summed E-state index contributed by atoms with van der Waals surface area (Å²) in [6.07, 6.45) is 6.25. The van der Waals surface area contributed by atoms with Crippen LogP contribution in [0.3, 0.4) is 0 Å². The summed E-state index contributed by atoms with van der Waals surface area (Å²) >= 11 is 3.09. The van der Waals surface area contributed by atoms with E-state index in [1.165, 1.54) is 23.5 Å². The number of ether oxygens (including phenoxy) is 2. The maximum atomic E-state index is 12.2. The minimum atomic E-state index is -1.24. The summed E-state index contributed by atoms with van der Waals surface area (Å²) in [5, 5.41) is 50.4. The number of rotatable bonds is 12. The molecule has 20 heteroatoms. The number of carboxylic acids is 1. The molecular formula is C45H29N9Na2O7S2. The van der Waals surface area contributed by atoms with Gasteiger partial charge in [0.25, 0.3) is 5.96 Å². The number of benzene rings is 2. The predicted octanol–water partition coefficient (Wildman–Crippen LogP) is 0.403. The van der Waals surface area contributed by atoms with E-state index in [0.717, 1.165) is 32.0 Å². The van der Waals surface area contributed by atoms with E-state index in [4.69, 9.17) is 18.3 Å². The summed E-state index contributed by atoms with van der Waals surface area (Å²) in [5.41, 5.74) is 14.5. The van der Waals surface area contributed by atoms with Crippen LogP contribution in [0.2, 0.25) is 0 Å². The number of guanidine groups is 1. The number of nitrogens with zero attached hydrogens (tertiary/aromatic N) is 6. The molecular weight excluding hydrogens is 889 g/mol. The molecule has 0 atom stereocenters. The fourth-order valence-corrected chi connectivity index (χ4v) is 7.42. The molecule has 1 aliphatic rings. The molecule has 6 aromatic heterocycles. The van der Waals surface area contributed by atoms with Gasteiger partial charge in [0.05, 0.1) is 52.2 Å². The topological polar surface area (TPSA) is 242 Å². The van der Waals surface area contributed by atoms with E-state index in [9.17, 15) is 25.5 Å². The maximum Gasteiger partial charge on any atom is 1.00 e. The second-order valence-corrected chi connectivity index (χ2v) is 15.0. The van der Waals surface area contributed by atoms with Gasteiger partial charge in [0, 0.05) is 22.3 Å². The van der Waals surface area contributed by atoms with Gasteiger partial charge in [0.2, 0.25) is 11.8 Å². The van der Waals surface area contributed by atoms with Gasteiger partial charge < -0.3 is 33.3 Å². The Hall–Kier alpha value is -6.55. The number of hydrazone groups is 1. The zero-order valence-electron chi connectivity index (χ0n) is 34.5. The van der Waals surface area contributed by atoms with Crippen molar-refractivity contribution in [1.29, 1.82) is 10.5 Å². The standard InChI is InChI=1S/C23H17N7O3S.C22H14N2O4S.2Na/c24-11-18-17(16-7-8-32-13-16)10-19(20-2-1-9-34-20)25-22(18)33-12-14-3-5-15(6-4-14)21(31)26-23-27-29-30-28-23;23-11-18-17(16-7-8-27-13-16)10-19(20-2-1-9-29-20)24-21(18)28-12-14-3-5-15(6-4-14)22(25)26;;/h1-10,13,29-30H,12H2,(H2,26,27,28,31);1-10,13H,12H2,(H,25,26);;/q;;2*+1/p-2. The molecule has 0 spiro atoms. The van der Waals surface area contributed by atoms with Gasteiger partial charge in [-0.3, -0.25) is 5.43 Å². The van der Waals surface area contributed by atoms with Crippen LogP contribution in [0, 0.1) is 22.7 Å². The predicted molar refractivity (Wildman–Crippen MR) is 229 cm³/mol. The Labute approximate surface area is 423 Å². The first-order valence-electron chi connectivity index (χ1n) is 18.6. The van der Waals surface area contributed by atoms with Crippen LogP contribution in [0.15, 0.2) is 152 Å². The number of carbonyl (C=O) groups excluding carboxylic acids is 1. The van der Waals surface area contributed by atoms with Gasteiger partial charge in [0.1, 0.15) is 36.5 Å². The fourth-order valence-electron chi connectivity index (χ4n) is 6.05. The normalized spacial score (nSPS) is 11.5. The van der Waals surface area contributed by atoms with Crippen LogP contribution in [-0.2, 0) is 13.2 Å². The molecule has 0 radical (unpaired) electrons. The average molecular weight is 918 g/mol. The summed E-state index contributed by atoms with van der Waals surface area (Å²) in [6, 6.07) is 32.4. The second-order valence-electron chi connectivity index (χ2n) is 13.1. The van der Waals surface area contributed by atoms with Crippen molar-refractivity contribution in [3.8, 4) is 67.3 Å². The molecule has 7 heterocycles. The van der Waals surface area contributed by atoms with Crippen LogP contribution < -0.4 is 95.3 Å².